The molecular weight excluding hydrogens is 348 g/mol. The van der Waals surface area contributed by atoms with Crippen molar-refractivity contribution >= 4 is 0 Å². The molecule has 0 saturated carbocycles. The van der Waals surface area contributed by atoms with Gasteiger partial charge in [-0.2, -0.15) is 4.98 Å². The third-order valence-corrected chi connectivity index (χ3v) is 4.56. The van der Waals surface area contributed by atoms with Gasteiger partial charge in [0.1, 0.15) is 0 Å². The summed E-state index contributed by atoms with van der Waals surface area (Å²) in [7, 11) is 0. The maximum Gasteiger partial charge on any atom is 0.241 e. The van der Waals surface area contributed by atoms with Gasteiger partial charge in [0.2, 0.25) is 11.7 Å². The molecule has 2 aromatic carbocycles. The van der Waals surface area contributed by atoms with Gasteiger partial charge in [0.05, 0.1) is 6.54 Å². The van der Waals surface area contributed by atoms with Crippen LogP contribution in [0.5, 0.6) is 0 Å². The van der Waals surface area contributed by atoms with Gasteiger partial charge in [-0.15, -0.1) is 0 Å². The van der Waals surface area contributed by atoms with Gasteiger partial charge in [0.15, 0.2) is 0 Å². The zero-order chi connectivity index (χ0) is 19.0. The Morgan fingerprint density at radius 2 is 1.54 bits per heavy atom. The number of pyridine rings is 1. The molecule has 5 nitrogen and oxygen atoms in total. The zero-order valence-corrected chi connectivity index (χ0v) is 15.6. The molecule has 0 N–H and O–H groups in total. The summed E-state index contributed by atoms with van der Waals surface area (Å²) in [5, 5.41) is 4.11. The molecule has 0 aliphatic rings. The Labute approximate surface area is 164 Å². The second-order valence-electron chi connectivity index (χ2n) is 6.69. The predicted molar refractivity (Wildman–Crippen MR) is 108 cm³/mol. The lowest BCUT2D eigenvalue weighted by Gasteiger charge is -2.20. The number of hydrogen-bond acceptors (Lipinski definition) is 5. The summed E-state index contributed by atoms with van der Waals surface area (Å²) in [6, 6.07) is 24.8. The van der Waals surface area contributed by atoms with E-state index in [2.05, 4.69) is 68.6 Å². The van der Waals surface area contributed by atoms with Gasteiger partial charge in [0.25, 0.3) is 0 Å². The molecule has 0 radical (unpaired) electrons. The van der Waals surface area contributed by atoms with Crippen molar-refractivity contribution in [1.29, 1.82) is 0 Å². The Bertz CT molecular complexity index is 971. The molecule has 0 saturated heterocycles. The van der Waals surface area contributed by atoms with Crippen LogP contribution in [0.25, 0.3) is 11.4 Å². The van der Waals surface area contributed by atoms with Crippen LogP contribution in [0.15, 0.2) is 89.7 Å². The molecule has 140 valence electrons. The second-order valence-corrected chi connectivity index (χ2v) is 6.69. The van der Waals surface area contributed by atoms with Gasteiger partial charge < -0.3 is 4.52 Å². The minimum Gasteiger partial charge on any atom is -0.338 e. The number of rotatable bonds is 8. The van der Waals surface area contributed by atoms with Gasteiger partial charge in [-0.25, -0.2) is 0 Å². The molecule has 0 aliphatic carbocycles. The van der Waals surface area contributed by atoms with Crippen LogP contribution in [-0.2, 0) is 19.5 Å². The molecule has 4 aromatic rings. The lowest BCUT2D eigenvalue weighted by Crippen LogP contribution is -2.25. The first kappa shape index (κ1) is 18.1. The van der Waals surface area contributed by atoms with Crippen LogP contribution < -0.4 is 0 Å². The SMILES string of the molecule is c1ccc(CCN(Cc2ccccc2)Cc2nc(-c3cccnc3)no2)cc1. The topological polar surface area (TPSA) is 55.1 Å². The highest BCUT2D eigenvalue weighted by Gasteiger charge is 2.14. The summed E-state index contributed by atoms with van der Waals surface area (Å²) >= 11 is 0. The summed E-state index contributed by atoms with van der Waals surface area (Å²) in [5.41, 5.74) is 3.45. The molecule has 4 rings (SSSR count). The van der Waals surface area contributed by atoms with Crippen molar-refractivity contribution in [2.75, 3.05) is 6.54 Å². The highest BCUT2D eigenvalue weighted by atomic mass is 16.5. The summed E-state index contributed by atoms with van der Waals surface area (Å²) in [4.78, 5) is 11.0. The Balaban J connectivity index is 1.47. The van der Waals surface area contributed by atoms with Crippen molar-refractivity contribution in [3.8, 4) is 11.4 Å². The maximum absolute atomic E-state index is 5.51. The van der Waals surface area contributed by atoms with E-state index in [9.17, 15) is 0 Å². The zero-order valence-electron chi connectivity index (χ0n) is 15.6. The van der Waals surface area contributed by atoms with Crippen molar-refractivity contribution in [1.82, 2.24) is 20.0 Å². The average molecular weight is 370 g/mol. The van der Waals surface area contributed by atoms with E-state index in [1.807, 2.05) is 24.3 Å². The quantitative estimate of drug-likeness (QED) is 0.461. The van der Waals surface area contributed by atoms with Gasteiger partial charge in [-0.05, 0) is 29.7 Å². The maximum atomic E-state index is 5.51. The van der Waals surface area contributed by atoms with Gasteiger partial charge in [-0.1, -0.05) is 65.8 Å². The minimum absolute atomic E-state index is 0.575. The van der Waals surface area contributed by atoms with Gasteiger partial charge in [0, 0.05) is 31.0 Å². The van der Waals surface area contributed by atoms with Crippen LogP contribution in [0.1, 0.15) is 17.0 Å². The summed E-state index contributed by atoms with van der Waals surface area (Å²) in [6.07, 6.45) is 4.44. The Kier molecular flexibility index (Phi) is 5.85. The van der Waals surface area contributed by atoms with E-state index in [1.54, 1.807) is 12.4 Å². The third-order valence-electron chi connectivity index (χ3n) is 4.56. The smallest absolute Gasteiger partial charge is 0.241 e. The van der Waals surface area contributed by atoms with Crippen molar-refractivity contribution in [2.24, 2.45) is 0 Å². The highest BCUT2D eigenvalue weighted by Crippen LogP contribution is 2.16. The molecule has 2 heterocycles. The van der Waals surface area contributed by atoms with Crippen LogP contribution in [0.2, 0.25) is 0 Å². The van der Waals surface area contributed by atoms with Crippen LogP contribution in [-0.4, -0.2) is 26.6 Å². The molecule has 2 aromatic heterocycles. The number of nitrogens with zero attached hydrogens (tertiary/aromatic N) is 4. The van der Waals surface area contributed by atoms with E-state index < -0.39 is 0 Å². The summed E-state index contributed by atoms with van der Waals surface area (Å²) in [5.74, 6) is 1.19. The van der Waals surface area contributed by atoms with Crippen molar-refractivity contribution < 1.29 is 4.52 Å². The largest absolute Gasteiger partial charge is 0.338 e. The lowest BCUT2D eigenvalue weighted by atomic mass is 10.1. The first-order chi connectivity index (χ1) is 13.9. The molecule has 0 aliphatic heterocycles. The van der Waals surface area contributed by atoms with Crippen molar-refractivity contribution in [3.05, 3.63) is 102 Å². The fraction of sp³-hybridized carbons (Fsp3) is 0.174. The standard InChI is InChI=1S/C23H22N4O/c1-3-8-19(9-4-1)13-15-27(17-20-10-5-2-6-11-20)18-22-25-23(26-28-22)21-12-7-14-24-16-21/h1-12,14,16H,13,15,17-18H2. The predicted octanol–water partition coefficient (Wildman–Crippen LogP) is 4.38. The van der Waals surface area contributed by atoms with Crippen LogP contribution >= 0.6 is 0 Å². The van der Waals surface area contributed by atoms with E-state index >= 15 is 0 Å². The molecule has 0 fully saturated rings. The molecular formula is C23H22N4O. The van der Waals surface area contributed by atoms with E-state index in [0.29, 0.717) is 18.3 Å². The molecule has 0 amide bonds. The molecule has 0 spiro atoms. The normalized spacial score (nSPS) is 11.0. The van der Waals surface area contributed by atoms with Crippen molar-refractivity contribution in [3.63, 3.8) is 0 Å². The molecule has 0 unspecified atom stereocenters. The van der Waals surface area contributed by atoms with E-state index in [0.717, 1.165) is 25.1 Å². The Morgan fingerprint density at radius 1 is 0.786 bits per heavy atom. The van der Waals surface area contributed by atoms with E-state index in [4.69, 9.17) is 4.52 Å². The molecule has 5 heteroatoms. The second kappa shape index (κ2) is 9.06. The van der Waals surface area contributed by atoms with E-state index in [-0.39, 0.29) is 0 Å². The first-order valence-electron chi connectivity index (χ1n) is 9.40. The minimum atomic E-state index is 0.575. The monoisotopic (exact) mass is 370 g/mol. The van der Waals surface area contributed by atoms with Crippen LogP contribution in [0.4, 0.5) is 0 Å². The van der Waals surface area contributed by atoms with Crippen molar-refractivity contribution in [2.45, 2.75) is 19.5 Å². The van der Waals surface area contributed by atoms with Crippen LogP contribution in [0, 0.1) is 0 Å². The number of aromatic nitrogens is 3. The Hall–Kier alpha value is -3.31. The highest BCUT2D eigenvalue weighted by molar-refractivity contribution is 5.51. The van der Waals surface area contributed by atoms with E-state index in [1.165, 1.54) is 11.1 Å². The lowest BCUT2D eigenvalue weighted by molar-refractivity contribution is 0.221. The third kappa shape index (κ3) is 4.90. The van der Waals surface area contributed by atoms with Crippen LogP contribution in [0.3, 0.4) is 0 Å². The number of hydrogen-bond donors (Lipinski definition) is 0. The molecule has 28 heavy (non-hydrogen) atoms. The van der Waals surface area contributed by atoms with Gasteiger partial charge >= 0.3 is 0 Å². The molecule has 0 atom stereocenters. The van der Waals surface area contributed by atoms with Gasteiger partial charge in [-0.3, -0.25) is 9.88 Å². The first-order valence-corrected chi connectivity index (χ1v) is 9.40. The number of benzene rings is 2. The average Bonchev–Trinajstić information content (AvgIpc) is 3.23. The summed E-state index contributed by atoms with van der Waals surface area (Å²) in [6.45, 7) is 2.34. The Morgan fingerprint density at radius 3 is 2.25 bits per heavy atom. The fourth-order valence-corrected chi connectivity index (χ4v) is 3.11. The summed E-state index contributed by atoms with van der Waals surface area (Å²) < 4.78 is 5.51. The molecule has 0 bridgehead atoms. The fourth-order valence-electron chi connectivity index (χ4n) is 3.11.